The van der Waals surface area contributed by atoms with E-state index in [9.17, 15) is 9.59 Å². The molecular formula is C22H20N2O3. The minimum absolute atomic E-state index is 0.184. The Morgan fingerprint density at radius 3 is 2.33 bits per heavy atom. The van der Waals surface area contributed by atoms with Crippen LogP contribution in [-0.2, 0) is 4.74 Å². The molecule has 0 atom stereocenters. The molecule has 0 unspecified atom stereocenters. The first-order valence-electron chi connectivity index (χ1n) is 8.51. The molecule has 0 aliphatic rings. The van der Waals surface area contributed by atoms with Gasteiger partial charge in [-0.1, -0.05) is 18.2 Å². The summed E-state index contributed by atoms with van der Waals surface area (Å²) in [6.07, 6.45) is 1.62. The van der Waals surface area contributed by atoms with Crippen molar-refractivity contribution in [1.29, 1.82) is 0 Å². The van der Waals surface area contributed by atoms with Crippen LogP contribution in [0.1, 0.15) is 32.0 Å². The lowest BCUT2D eigenvalue weighted by molar-refractivity contribution is 0.0600. The van der Waals surface area contributed by atoms with E-state index in [2.05, 4.69) is 10.3 Å². The van der Waals surface area contributed by atoms with E-state index in [1.54, 1.807) is 30.5 Å². The molecule has 27 heavy (non-hydrogen) atoms. The number of ether oxygens (including phenoxy) is 1. The number of carbonyl (C=O) groups excluding carboxylic acids is 2. The van der Waals surface area contributed by atoms with Gasteiger partial charge in [-0.15, -0.1) is 0 Å². The van der Waals surface area contributed by atoms with Crippen molar-refractivity contribution in [3.05, 3.63) is 83.2 Å². The maximum Gasteiger partial charge on any atom is 0.337 e. The van der Waals surface area contributed by atoms with E-state index in [4.69, 9.17) is 4.74 Å². The molecule has 2 aromatic carbocycles. The third kappa shape index (κ3) is 4.20. The molecule has 0 saturated heterocycles. The maximum absolute atomic E-state index is 12.5. The van der Waals surface area contributed by atoms with Crippen molar-refractivity contribution in [2.24, 2.45) is 0 Å². The van der Waals surface area contributed by atoms with Crippen molar-refractivity contribution >= 4 is 17.6 Å². The zero-order valence-corrected chi connectivity index (χ0v) is 15.4. The third-order valence-corrected chi connectivity index (χ3v) is 4.27. The molecule has 0 aliphatic carbocycles. The van der Waals surface area contributed by atoms with Gasteiger partial charge in [-0.2, -0.15) is 0 Å². The van der Waals surface area contributed by atoms with Crippen molar-refractivity contribution in [1.82, 2.24) is 4.98 Å². The number of nitrogens with zero attached hydrogens (tertiary/aromatic N) is 1. The summed E-state index contributed by atoms with van der Waals surface area (Å²) in [6, 6.07) is 16.4. The monoisotopic (exact) mass is 360 g/mol. The number of amides is 1. The fraction of sp³-hybridized carbons (Fsp3) is 0.136. The Morgan fingerprint density at radius 2 is 1.67 bits per heavy atom. The molecule has 1 heterocycles. The number of benzene rings is 2. The summed E-state index contributed by atoms with van der Waals surface area (Å²) in [7, 11) is 1.36. The van der Waals surface area contributed by atoms with Crippen LogP contribution in [0.25, 0.3) is 11.1 Å². The molecule has 0 bridgehead atoms. The van der Waals surface area contributed by atoms with Gasteiger partial charge in [0.1, 0.15) is 0 Å². The fourth-order valence-electron chi connectivity index (χ4n) is 2.80. The molecule has 1 N–H and O–H groups in total. The number of carbonyl (C=O) groups is 2. The van der Waals surface area contributed by atoms with E-state index in [0.29, 0.717) is 16.8 Å². The number of aromatic nitrogens is 1. The van der Waals surface area contributed by atoms with Gasteiger partial charge in [-0.05, 0) is 66.9 Å². The second kappa shape index (κ2) is 7.83. The van der Waals surface area contributed by atoms with Crippen molar-refractivity contribution in [2.45, 2.75) is 13.8 Å². The molecule has 0 radical (unpaired) electrons. The number of rotatable bonds is 4. The highest BCUT2D eigenvalue weighted by atomic mass is 16.5. The average Bonchev–Trinajstić information content (AvgIpc) is 2.69. The lowest BCUT2D eigenvalue weighted by atomic mass is 9.98. The Kier molecular flexibility index (Phi) is 5.31. The summed E-state index contributed by atoms with van der Waals surface area (Å²) < 4.78 is 4.73. The minimum Gasteiger partial charge on any atom is -0.465 e. The van der Waals surface area contributed by atoms with Crippen LogP contribution in [0.5, 0.6) is 0 Å². The van der Waals surface area contributed by atoms with Crippen LogP contribution in [-0.4, -0.2) is 24.0 Å². The molecule has 0 saturated carbocycles. The Bertz CT molecular complexity index is 995. The molecule has 5 heteroatoms. The third-order valence-electron chi connectivity index (χ3n) is 4.27. The predicted molar refractivity (Wildman–Crippen MR) is 105 cm³/mol. The zero-order chi connectivity index (χ0) is 19.4. The summed E-state index contributed by atoms with van der Waals surface area (Å²) in [6.45, 7) is 3.85. The smallest absolute Gasteiger partial charge is 0.337 e. The van der Waals surface area contributed by atoms with E-state index >= 15 is 0 Å². The molecule has 3 rings (SSSR count). The van der Waals surface area contributed by atoms with Crippen LogP contribution < -0.4 is 5.32 Å². The zero-order valence-electron chi connectivity index (χ0n) is 15.4. The summed E-state index contributed by atoms with van der Waals surface area (Å²) in [5.74, 6) is -0.553. The summed E-state index contributed by atoms with van der Waals surface area (Å²) in [5.41, 5.74) is 5.55. The van der Waals surface area contributed by atoms with Gasteiger partial charge >= 0.3 is 5.97 Å². The van der Waals surface area contributed by atoms with Gasteiger partial charge < -0.3 is 10.1 Å². The number of hydrogen-bond donors (Lipinski definition) is 1. The van der Waals surface area contributed by atoms with Crippen LogP contribution in [0, 0.1) is 13.8 Å². The van der Waals surface area contributed by atoms with Crippen molar-refractivity contribution in [3.8, 4) is 11.1 Å². The molecule has 0 fully saturated rings. The van der Waals surface area contributed by atoms with Crippen LogP contribution in [0.4, 0.5) is 5.69 Å². The van der Waals surface area contributed by atoms with Crippen LogP contribution in [0.2, 0.25) is 0 Å². The number of pyridine rings is 1. The lowest BCUT2D eigenvalue weighted by Gasteiger charge is -2.11. The normalized spacial score (nSPS) is 10.3. The number of esters is 1. The SMILES string of the molecule is COC(=O)c1ccc(-c2cc(NC(=O)c3ccnc(C)c3)ccc2C)cc1. The Balaban J connectivity index is 1.86. The van der Waals surface area contributed by atoms with E-state index in [0.717, 1.165) is 22.4 Å². The topological polar surface area (TPSA) is 68.3 Å². The van der Waals surface area contributed by atoms with Crippen LogP contribution >= 0.6 is 0 Å². The molecule has 1 aromatic heterocycles. The first kappa shape index (κ1) is 18.3. The highest BCUT2D eigenvalue weighted by molar-refractivity contribution is 6.04. The standard InChI is InChI=1S/C22H20N2O3/c1-14-4-9-19(24-21(25)18-10-11-23-15(2)12-18)13-20(14)16-5-7-17(8-6-16)22(26)27-3/h4-13H,1-3H3,(H,24,25). The Hall–Kier alpha value is -3.47. The summed E-state index contributed by atoms with van der Waals surface area (Å²) >= 11 is 0. The fourth-order valence-corrected chi connectivity index (χ4v) is 2.80. The molecule has 136 valence electrons. The molecular weight excluding hydrogens is 340 g/mol. The number of hydrogen-bond acceptors (Lipinski definition) is 4. The summed E-state index contributed by atoms with van der Waals surface area (Å²) in [4.78, 5) is 28.2. The van der Waals surface area contributed by atoms with E-state index in [1.807, 2.05) is 44.2 Å². The summed E-state index contributed by atoms with van der Waals surface area (Å²) in [5, 5.41) is 2.92. The highest BCUT2D eigenvalue weighted by Crippen LogP contribution is 2.27. The van der Waals surface area contributed by atoms with Gasteiger partial charge in [0.15, 0.2) is 0 Å². The van der Waals surface area contributed by atoms with Gasteiger partial charge in [0, 0.05) is 23.1 Å². The maximum atomic E-state index is 12.5. The first-order valence-corrected chi connectivity index (χ1v) is 8.51. The second-order valence-corrected chi connectivity index (χ2v) is 6.24. The number of aryl methyl sites for hydroxylation is 2. The van der Waals surface area contributed by atoms with Crippen LogP contribution in [0.15, 0.2) is 60.8 Å². The largest absolute Gasteiger partial charge is 0.465 e. The van der Waals surface area contributed by atoms with Gasteiger partial charge in [0.25, 0.3) is 5.91 Å². The number of methoxy groups -OCH3 is 1. The second-order valence-electron chi connectivity index (χ2n) is 6.24. The molecule has 5 nitrogen and oxygen atoms in total. The predicted octanol–water partition coefficient (Wildman–Crippen LogP) is 4.40. The number of nitrogens with one attached hydrogen (secondary N) is 1. The molecule has 3 aromatic rings. The average molecular weight is 360 g/mol. The minimum atomic E-state index is -0.369. The van der Waals surface area contributed by atoms with E-state index in [-0.39, 0.29) is 11.9 Å². The van der Waals surface area contributed by atoms with Crippen molar-refractivity contribution in [2.75, 3.05) is 12.4 Å². The van der Waals surface area contributed by atoms with Gasteiger partial charge in [0.05, 0.1) is 12.7 Å². The quantitative estimate of drug-likeness (QED) is 0.700. The van der Waals surface area contributed by atoms with E-state index < -0.39 is 0 Å². The van der Waals surface area contributed by atoms with Crippen molar-refractivity contribution in [3.63, 3.8) is 0 Å². The van der Waals surface area contributed by atoms with Gasteiger partial charge in [0.2, 0.25) is 0 Å². The van der Waals surface area contributed by atoms with Gasteiger partial charge in [-0.3, -0.25) is 9.78 Å². The molecule has 1 amide bonds. The molecule has 0 spiro atoms. The van der Waals surface area contributed by atoms with Gasteiger partial charge in [-0.25, -0.2) is 4.79 Å². The lowest BCUT2D eigenvalue weighted by Crippen LogP contribution is -2.12. The van der Waals surface area contributed by atoms with E-state index in [1.165, 1.54) is 7.11 Å². The number of anilines is 1. The first-order chi connectivity index (χ1) is 13.0. The Labute approximate surface area is 158 Å². The van der Waals surface area contributed by atoms with Crippen molar-refractivity contribution < 1.29 is 14.3 Å². The highest BCUT2D eigenvalue weighted by Gasteiger charge is 2.10. The Morgan fingerprint density at radius 1 is 0.926 bits per heavy atom. The molecule has 0 aliphatic heterocycles. The van der Waals surface area contributed by atoms with Crippen LogP contribution in [0.3, 0.4) is 0 Å².